The number of para-hydroxylation sites is 2. The highest BCUT2D eigenvalue weighted by molar-refractivity contribution is 9.10. The topological polar surface area (TPSA) is 8.17 Å². The van der Waals surface area contributed by atoms with Crippen LogP contribution in [0.5, 0.6) is 0 Å². The van der Waals surface area contributed by atoms with E-state index in [9.17, 15) is 0 Å². The second kappa shape index (κ2) is 11.6. The fourth-order valence-corrected chi connectivity index (χ4v) is 6.69. The molecule has 1 heterocycles. The first kappa shape index (κ1) is 27.2. The van der Waals surface area contributed by atoms with Crippen molar-refractivity contribution in [3.63, 3.8) is 0 Å². The van der Waals surface area contributed by atoms with Crippen LogP contribution in [0.3, 0.4) is 0 Å². The van der Waals surface area contributed by atoms with Crippen LogP contribution in [-0.2, 0) is 0 Å². The fourth-order valence-electron chi connectivity index (χ4n) is 6.31. The number of hydrogen-bond acceptors (Lipinski definition) is 1. The Hall–Kier alpha value is -5.38. The number of nitrogens with zero attached hydrogens (tertiary/aromatic N) is 2. The molecule has 0 fully saturated rings. The molecule has 0 aliphatic carbocycles. The Labute approximate surface area is 271 Å². The van der Waals surface area contributed by atoms with Crippen LogP contribution in [-0.4, -0.2) is 4.57 Å². The highest BCUT2D eigenvalue weighted by atomic mass is 79.9. The molecule has 7 aromatic carbocycles. The summed E-state index contributed by atoms with van der Waals surface area (Å²) < 4.78 is 3.40. The lowest BCUT2D eigenvalue weighted by Gasteiger charge is -2.26. The maximum Gasteiger partial charge on any atom is 0.0541 e. The molecule has 2 nitrogen and oxygen atoms in total. The van der Waals surface area contributed by atoms with Gasteiger partial charge in [-0.3, -0.25) is 0 Å². The molecule has 0 unspecified atom stereocenters. The summed E-state index contributed by atoms with van der Waals surface area (Å²) in [4.78, 5) is 2.31. The van der Waals surface area contributed by atoms with E-state index in [0.717, 1.165) is 21.5 Å². The third-order valence-electron chi connectivity index (χ3n) is 8.44. The molecule has 8 aromatic rings. The average molecular weight is 642 g/mol. The predicted octanol–water partition coefficient (Wildman–Crippen LogP) is 12.3. The molecule has 3 heteroatoms. The van der Waals surface area contributed by atoms with Crippen molar-refractivity contribution < 1.29 is 0 Å². The number of halogens is 1. The van der Waals surface area contributed by atoms with Gasteiger partial charge in [-0.15, -0.1) is 0 Å². The standard InChI is InChI=1S/C42H29BrN2/c43-34-12-9-15-38(29-34)44(36-23-18-31(19-24-36)30-10-3-1-4-11-30)37-25-20-32(21-26-37)33-22-27-42-40(28-33)39-16-7-8-17-41(39)45(42)35-13-5-2-6-14-35/h1-29H. The van der Waals surface area contributed by atoms with Crippen molar-refractivity contribution in [2.24, 2.45) is 0 Å². The Kier molecular flexibility index (Phi) is 7.01. The number of anilines is 3. The molecule has 8 rings (SSSR count). The van der Waals surface area contributed by atoms with E-state index in [2.05, 4.69) is 201 Å². The van der Waals surface area contributed by atoms with Gasteiger partial charge in [0.05, 0.1) is 11.0 Å². The molecule has 0 bridgehead atoms. The summed E-state index contributed by atoms with van der Waals surface area (Å²) in [6, 6.07) is 62.8. The molecule has 45 heavy (non-hydrogen) atoms. The summed E-state index contributed by atoms with van der Waals surface area (Å²) in [5.74, 6) is 0. The van der Waals surface area contributed by atoms with Crippen LogP contribution in [0.15, 0.2) is 180 Å². The Balaban J connectivity index is 1.19. The largest absolute Gasteiger partial charge is 0.310 e. The summed E-state index contributed by atoms with van der Waals surface area (Å²) in [6.07, 6.45) is 0. The molecular weight excluding hydrogens is 612 g/mol. The van der Waals surface area contributed by atoms with E-state index >= 15 is 0 Å². The number of fused-ring (bicyclic) bond motifs is 3. The van der Waals surface area contributed by atoms with Gasteiger partial charge in [0.1, 0.15) is 0 Å². The van der Waals surface area contributed by atoms with Crippen LogP contribution in [0.25, 0.3) is 49.7 Å². The van der Waals surface area contributed by atoms with Crippen molar-refractivity contribution in [1.82, 2.24) is 4.57 Å². The maximum atomic E-state index is 3.68. The quantitative estimate of drug-likeness (QED) is 0.175. The SMILES string of the molecule is Brc1cccc(N(c2ccc(-c3ccccc3)cc2)c2ccc(-c3ccc4c(c3)c3ccccc3n4-c3ccccc3)cc2)c1. The van der Waals surface area contributed by atoms with Crippen molar-refractivity contribution in [2.45, 2.75) is 0 Å². The van der Waals surface area contributed by atoms with E-state index < -0.39 is 0 Å². The average Bonchev–Trinajstić information content (AvgIpc) is 3.44. The lowest BCUT2D eigenvalue weighted by Crippen LogP contribution is -2.09. The third-order valence-corrected chi connectivity index (χ3v) is 8.94. The van der Waals surface area contributed by atoms with E-state index in [1.54, 1.807) is 0 Å². The summed E-state index contributed by atoms with van der Waals surface area (Å²) in [5.41, 5.74) is 11.7. The molecule has 1 aromatic heterocycles. The third kappa shape index (κ3) is 5.12. The minimum atomic E-state index is 1.05. The van der Waals surface area contributed by atoms with Crippen LogP contribution < -0.4 is 4.90 Å². The van der Waals surface area contributed by atoms with Gasteiger partial charge in [0.25, 0.3) is 0 Å². The molecule has 0 radical (unpaired) electrons. The van der Waals surface area contributed by atoms with Crippen LogP contribution in [0.2, 0.25) is 0 Å². The van der Waals surface area contributed by atoms with Crippen molar-refractivity contribution >= 4 is 54.8 Å². The van der Waals surface area contributed by atoms with Crippen LogP contribution in [0.1, 0.15) is 0 Å². The van der Waals surface area contributed by atoms with Crippen molar-refractivity contribution in [1.29, 1.82) is 0 Å². The van der Waals surface area contributed by atoms with E-state index in [1.165, 1.54) is 49.7 Å². The zero-order valence-electron chi connectivity index (χ0n) is 24.5. The van der Waals surface area contributed by atoms with Crippen molar-refractivity contribution in [3.05, 3.63) is 180 Å². The lowest BCUT2D eigenvalue weighted by molar-refractivity contribution is 1.18. The summed E-state index contributed by atoms with van der Waals surface area (Å²) in [6.45, 7) is 0. The Morgan fingerprint density at radius 3 is 1.62 bits per heavy atom. The first-order valence-corrected chi connectivity index (χ1v) is 15.9. The van der Waals surface area contributed by atoms with Gasteiger partial charge in [-0.2, -0.15) is 0 Å². The number of hydrogen-bond donors (Lipinski definition) is 0. The molecular formula is C42H29BrN2. The number of aromatic nitrogens is 1. The van der Waals surface area contributed by atoms with Gasteiger partial charge in [-0.1, -0.05) is 119 Å². The smallest absolute Gasteiger partial charge is 0.0541 e. The van der Waals surface area contributed by atoms with Gasteiger partial charge in [0.2, 0.25) is 0 Å². The first-order valence-electron chi connectivity index (χ1n) is 15.1. The maximum absolute atomic E-state index is 3.68. The van der Waals surface area contributed by atoms with Crippen LogP contribution in [0, 0.1) is 0 Å². The molecule has 0 saturated heterocycles. The van der Waals surface area contributed by atoms with Crippen molar-refractivity contribution in [3.8, 4) is 27.9 Å². The van der Waals surface area contributed by atoms with E-state index in [0.29, 0.717) is 0 Å². The minimum absolute atomic E-state index is 1.05. The monoisotopic (exact) mass is 640 g/mol. The molecule has 0 spiro atoms. The second-order valence-corrected chi connectivity index (χ2v) is 12.1. The normalized spacial score (nSPS) is 11.2. The Bertz CT molecular complexity index is 2250. The highest BCUT2D eigenvalue weighted by Gasteiger charge is 2.15. The predicted molar refractivity (Wildman–Crippen MR) is 194 cm³/mol. The molecule has 0 aliphatic rings. The molecule has 0 saturated carbocycles. The zero-order chi connectivity index (χ0) is 30.2. The van der Waals surface area contributed by atoms with Crippen LogP contribution >= 0.6 is 15.9 Å². The van der Waals surface area contributed by atoms with Crippen LogP contribution in [0.4, 0.5) is 17.1 Å². The fraction of sp³-hybridized carbons (Fsp3) is 0. The molecule has 214 valence electrons. The highest BCUT2D eigenvalue weighted by Crippen LogP contribution is 2.39. The van der Waals surface area contributed by atoms with Gasteiger partial charge in [0.15, 0.2) is 0 Å². The summed E-state index contributed by atoms with van der Waals surface area (Å²) >= 11 is 3.68. The molecule has 0 aliphatic heterocycles. The van der Waals surface area contributed by atoms with Gasteiger partial charge in [-0.05, 0) is 95.1 Å². The van der Waals surface area contributed by atoms with Crippen molar-refractivity contribution in [2.75, 3.05) is 4.90 Å². The first-order chi connectivity index (χ1) is 22.2. The number of rotatable bonds is 6. The Morgan fingerprint density at radius 1 is 0.378 bits per heavy atom. The lowest BCUT2D eigenvalue weighted by atomic mass is 10.0. The number of benzene rings is 7. The van der Waals surface area contributed by atoms with E-state index in [4.69, 9.17) is 0 Å². The second-order valence-electron chi connectivity index (χ2n) is 11.2. The van der Waals surface area contributed by atoms with E-state index in [1.807, 2.05) is 0 Å². The molecule has 0 atom stereocenters. The van der Waals surface area contributed by atoms with Gasteiger partial charge >= 0.3 is 0 Å². The molecule has 0 amide bonds. The van der Waals surface area contributed by atoms with Gasteiger partial charge in [-0.25, -0.2) is 0 Å². The summed E-state index contributed by atoms with van der Waals surface area (Å²) in [7, 11) is 0. The van der Waals surface area contributed by atoms with Gasteiger partial charge < -0.3 is 9.47 Å². The minimum Gasteiger partial charge on any atom is -0.310 e. The zero-order valence-corrected chi connectivity index (χ0v) is 26.1. The van der Waals surface area contributed by atoms with E-state index in [-0.39, 0.29) is 0 Å². The van der Waals surface area contributed by atoms with Gasteiger partial charge in [0, 0.05) is 38.0 Å². The Morgan fingerprint density at radius 2 is 0.933 bits per heavy atom. The molecule has 0 N–H and O–H groups in total. The summed E-state index contributed by atoms with van der Waals surface area (Å²) in [5, 5.41) is 2.51.